The zero-order valence-corrected chi connectivity index (χ0v) is 21.7. The largest absolute Gasteiger partial charge is 0.514 e. The number of carbonyl (C=O) groups excluding carboxylic acids is 4. The summed E-state index contributed by atoms with van der Waals surface area (Å²) in [5.74, 6) is -1.80. The van der Waals surface area contributed by atoms with Gasteiger partial charge in [-0.1, -0.05) is 18.7 Å². The number of methoxy groups -OCH3 is 1. The van der Waals surface area contributed by atoms with Crippen molar-refractivity contribution < 1.29 is 52.3 Å². The summed E-state index contributed by atoms with van der Waals surface area (Å²) < 4.78 is 36.9. The molecule has 0 aliphatic carbocycles. The molecule has 40 heavy (non-hydrogen) atoms. The second-order valence-electron chi connectivity index (χ2n) is 8.34. The topological polar surface area (TPSA) is 162 Å². The van der Waals surface area contributed by atoms with Gasteiger partial charge in [0, 0.05) is 19.8 Å². The number of hydrogen-bond donors (Lipinski definition) is 0. The van der Waals surface area contributed by atoms with Crippen LogP contribution in [0, 0.1) is 4.91 Å². The van der Waals surface area contributed by atoms with Crippen molar-refractivity contribution in [1.29, 1.82) is 0 Å². The smallest absolute Gasteiger partial charge is 0.467 e. The molecule has 0 amide bonds. The Labute approximate surface area is 228 Å². The molecule has 3 atom stereocenters. The van der Waals surface area contributed by atoms with Crippen LogP contribution in [0.25, 0.3) is 0 Å². The molecule has 0 radical (unpaired) electrons. The summed E-state index contributed by atoms with van der Waals surface area (Å²) in [5, 5.41) is 2.76. The summed E-state index contributed by atoms with van der Waals surface area (Å²) in [6.07, 6.45) is -2.32. The van der Waals surface area contributed by atoms with Crippen LogP contribution in [0.3, 0.4) is 0 Å². The number of ether oxygens (including phenoxy) is 7. The van der Waals surface area contributed by atoms with Gasteiger partial charge in [0.2, 0.25) is 6.29 Å². The molecule has 1 aliphatic rings. The van der Waals surface area contributed by atoms with Crippen LogP contribution in [-0.2, 0) is 39.9 Å². The van der Waals surface area contributed by atoms with Crippen LogP contribution >= 0.6 is 0 Å². The third-order valence-electron chi connectivity index (χ3n) is 5.40. The molecule has 13 heteroatoms. The van der Waals surface area contributed by atoms with Gasteiger partial charge < -0.3 is 33.2 Å². The first-order valence-corrected chi connectivity index (χ1v) is 12.0. The van der Waals surface area contributed by atoms with Gasteiger partial charge in [0.25, 0.3) is 0 Å². The zero-order valence-electron chi connectivity index (χ0n) is 21.7. The Balaban J connectivity index is 1.74. The Morgan fingerprint density at radius 3 is 2.48 bits per heavy atom. The average Bonchev–Trinajstić information content (AvgIpc) is 2.94. The molecule has 1 aliphatic heterocycles. The Kier molecular flexibility index (Phi) is 10.7. The molecule has 2 aromatic rings. The molecule has 0 bridgehead atoms. The second kappa shape index (κ2) is 14.4. The van der Waals surface area contributed by atoms with Crippen molar-refractivity contribution in [2.24, 2.45) is 5.18 Å². The van der Waals surface area contributed by atoms with Gasteiger partial charge in [-0.15, -0.1) is 4.91 Å². The molecule has 2 aromatic carbocycles. The van der Waals surface area contributed by atoms with Crippen molar-refractivity contribution in [1.82, 2.24) is 0 Å². The van der Waals surface area contributed by atoms with Crippen molar-refractivity contribution in [2.75, 3.05) is 13.7 Å². The van der Waals surface area contributed by atoms with Crippen LogP contribution in [-0.4, -0.2) is 56.3 Å². The van der Waals surface area contributed by atoms with Gasteiger partial charge in [-0.3, -0.25) is 4.79 Å². The highest BCUT2D eigenvalue weighted by Gasteiger charge is 2.37. The molecule has 13 nitrogen and oxygen atoms in total. The highest BCUT2D eigenvalue weighted by molar-refractivity contribution is 5.92. The van der Waals surface area contributed by atoms with E-state index in [-0.39, 0.29) is 48.8 Å². The first-order valence-electron chi connectivity index (χ1n) is 12.0. The zero-order chi connectivity index (χ0) is 29.1. The van der Waals surface area contributed by atoms with Gasteiger partial charge in [-0.25, -0.2) is 14.4 Å². The number of nitrogens with zero attached hydrogens (tertiary/aromatic N) is 1. The first kappa shape index (κ1) is 29.8. The van der Waals surface area contributed by atoms with Gasteiger partial charge >= 0.3 is 24.1 Å². The van der Waals surface area contributed by atoms with Gasteiger partial charge in [-0.2, -0.15) is 0 Å². The third kappa shape index (κ3) is 8.63. The van der Waals surface area contributed by atoms with E-state index in [1.165, 1.54) is 62.6 Å². The van der Waals surface area contributed by atoms with Crippen molar-refractivity contribution in [3.63, 3.8) is 0 Å². The van der Waals surface area contributed by atoms with Gasteiger partial charge in [0.1, 0.15) is 42.1 Å². The fourth-order valence-corrected chi connectivity index (χ4v) is 3.66. The summed E-state index contributed by atoms with van der Waals surface area (Å²) in [4.78, 5) is 59.0. The Morgan fingerprint density at radius 2 is 1.82 bits per heavy atom. The second-order valence-corrected chi connectivity index (χ2v) is 8.34. The average molecular weight is 558 g/mol. The van der Waals surface area contributed by atoms with Crippen molar-refractivity contribution in [3.05, 3.63) is 71.2 Å². The predicted molar refractivity (Wildman–Crippen MR) is 136 cm³/mol. The lowest BCUT2D eigenvalue weighted by Crippen LogP contribution is -2.44. The minimum Gasteiger partial charge on any atom is -0.467 e. The number of rotatable bonds is 11. The molecule has 1 fully saturated rings. The van der Waals surface area contributed by atoms with Crippen LogP contribution in [0.1, 0.15) is 35.7 Å². The maximum Gasteiger partial charge on any atom is 0.514 e. The number of hydrogen-bond acceptors (Lipinski definition) is 13. The summed E-state index contributed by atoms with van der Waals surface area (Å²) in [5.41, 5.74) is 0.534. The van der Waals surface area contributed by atoms with E-state index in [1.807, 2.05) is 0 Å². The Hall–Kier alpha value is -4.78. The summed E-state index contributed by atoms with van der Waals surface area (Å²) in [7, 11) is 1.20. The fourth-order valence-electron chi connectivity index (χ4n) is 3.66. The SMILES string of the molecule is C=CCOC(=O)c1cc(COC(=O)Oc2ccc(N=O)cc2)ccc1OC1CC(OC(C)=O)C[C@@H](C(=O)OC)O1. The number of esters is 3. The van der Waals surface area contributed by atoms with E-state index in [1.54, 1.807) is 0 Å². The van der Waals surface area contributed by atoms with E-state index >= 15 is 0 Å². The van der Waals surface area contributed by atoms with Crippen LogP contribution in [0.5, 0.6) is 11.5 Å². The fraction of sp³-hybridized carbons (Fsp3) is 0.333. The molecular weight excluding hydrogens is 530 g/mol. The van der Waals surface area contributed by atoms with Gasteiger partial charge in [0.15, 0.2) is 6.10 Å². The summed E-state index contributed by atoms with van der Waals surface area (Å²) >= 11 is 0. The molecule has 3 rings (SSSR count). The third-order valence-corrected chi connectivity index (χ3v) is 5.40. The Bertz CT molecular complexity index is 1240. The molecule has 0 aromatic heterocycles. The molecule has 2 unspecified atom stereocenters. The lowest BCUT2D eigenvalue weighted by Gasteiger charge is -2.33. The Morgan fingerprint density at radius 1 is 1.07 bits per heavy atom. The lowest BCUT2D eigenvalue weighted by molar-refractivity contribution is -0.204. The molecule has 1 saturated heterocycles. The maximum atomic E-state index is 12.8. The number of benzene rings is 2. The molecule has 0 N–H and O–H groups in total. The van der Waals surface area contributed by atoms with E-state index in [0.29, 0.717) is 5.56 Å². The monoisotopic (exact) mass is 557 g/mol. The minimum atomic E-state index is -1.08. The van der Waals surface area contributed by atoms with E-state index < -0.39 is 42.6 Å². The molecule has 1 heterocycles. The molecule has 0 saturated carbocycles. The predicted octanol–water partition coefficient (Wildman–Crippen LogP) is 4.13. The normalized spacial score (nSPS) is 18.0. The van der Waals surface area contributed by atoms with Crippen LogP contribution in [0.15, 0.2) is 60.3 Å². The first-order chi connectivity index (χ1) is 19.2. The van der Waals surface area contributed by atoms with Gasteiger partial charge in [-0.05, 0) is 47.1 Å². The van der Waals surface area contributed by atoms with E-state index in [4.69, 9.17) is 33.2 Å². The van der Waals surface area contributed by atoms with E-state index in [9.17, 15) is 24.1 Å². The summed E-state index contributed by atoms with van der Waals surface area (Å²) in [6, 6.07) is 9.85. The highest BCUT2D eigenvalue weighted by Crippen LogP contribution is 2.29. The standard InChI is InChI=1S/C27H27NO12/c1-4-11-35-25(30)21-12-17(15-36-27(32)38-19-8-6-18(28-33)7-9-19)5-10-22(21)39-24-14-20(37-16(2)29)13-23(40-24)26(31)34-3/h4-10,12,20,23-24H,1,11,13-15H2,2-3H3/t20?,23-,24?/m0/s1. The van der Waals surface area contributed by atoms with Crippen LogP contribution < -0.4 is 9.47 Å². The van der Waals surface area contributed by atoms with E-state index in [2.05, 4.69) is 11.8 Å². The van der Waals surface area contributed by atoms with Crippen LogP contribution in [0.2, 0.25) is 0 Å². The minimum absolute atomic E-state index is 0.0268. The molecule has 0 spiro atoms. The number of carbonyl (C=O) groups is 4. The lowest BCUT2D eigenvalue weighted by atomic mass is 10.0. The van der Waals surface area contributed by atoms with Crippen molar-refractivity contribution >= 4 is 29.8 Å². The molecular formula is C27H27NO12. The van der Waals surface area contributed by atoms with Crippen molar-refractivity contribution in [3.8, 4) is 11.5 Å². The van der Waals surface area contributed by atoms with Gasteiger partial charge in [0.05, 0.1) is 7.11 Å². The highest BCUT2D eigenvalue weighted by atomic mass is 16.7. The number of nitroso groups, excluding NO2 is 1. The maximum absolute atomic E-state index is 12.8. The summed E-state index contributed by atoms with van der Waals surface area (Å²) in [6.45, 7) is 4.40. The van der Waals surface area contributed by atoms with Crippen LogP contribution in [0.4, 0.5) is 10.5 Å². The molecule has 212 valence electrons. The van der Waals surface area contributed by atoms with E-state index in [0.717, 1.165) is 0 Å². The van der Waals surface area contributed by atoms with Crippen molar-refractivity contribution in [2.45, 2.75) is 44.9 Å². The quantitative estimate of drug-likeness (QED) is 0.128.